The van der Waals surface area contributed by atoms with Gasteiger partial charge in [0.05, 0.1) is 7.11 Å². The number of benzene rings is 1. The number of anilines is 1. The predicted molar refractivity (Wildman–Crippen MR) is 96.7 cm³/mol. The number of nitrogens with one attached hydrogen (secondary N) is 3. The van der Waals surface area contributed by atoms with Gasteiger partial charge in [0, 0.05) is 22.8 Å². The Balaban J connectivity index is 1.93. The third-order valence-corrected chi connectivity index (χ3v) is 4.09. The maximum atomic E-state index is 5.45. The number of hydrogen-bond donors (Lipinski definition) is 3. The van der Waals surface area contributed by atoms with Crippen molar-refractivity contribution in [1.29, 1.82) is 0 Å². The molecule has 0 amide bonds. The number of piperidine rings is 1. The van der Waals surface area contributed by atoms with Crippen LogP contribution in [0.25, 0.3) is 0 Å². The van der Waals surface area contributed by atoms with Crippen molar-refractivity contribution >= 4 is 23.0 Å². The molecule has 3 N–H and O–H groups in total. The molecule has 1 heterocycles. The van der Waals surface area contributed by atoms with Gasteiger partial charge in [0.25, 0.3) is 0 Å². The summed E-state index contributed by atoms with van der Waals surface area (Å²) in [4.78, 5) is 0. The lowest BCUT2D eigenvalue weighted by molar-refractivity contribution is 0.156. The third-order valence-electron chi connectivity index (χ3n) is 3.87. The van der Waals surface area contributed by atoms with E-state index in [4.69, 9.17) is 17.0 Å². The monoisotopic (exact) mass is 321 g/mol. The molecule has 5 heteroatoms. The SMILES string of the molecule is COc1ccc(NC(=S)NC2CC(C)(C)NC(C)(C)C2)cc1. The van der Waals surface area contributed by atoms with Gasteiger partial charge in [-0.1, -0.05) is 0 Å². The Morgan fingerprint density at radius 2 is 1.68 bits per heavy atom. The highest BCUT2D eigenvalue weighted by Gasteiger charge is 2.37. The first kappa shape index (κ1) is 17.0. The predicted octanol–water partition coefficient (Wildman–Crippen LogP) is 3.29. The molecule has 0 unspecified atom stereocenters. The summed E-state index contributed by atoms with van der Waals surface area (Å²) in [6.07, 6.45) is 2.09. The molecule has 4 nitrogen and oxygen atoms in total. The standard InChI is InChI=1S/C17H27N3OS/c1-16(2)10-13(11-17(3,4)20-16)19-15(22)18-12-6-8-14(21-5)9-7-12/h6-9,13,20H,10-11H2,1-5H3,(H2,18,19,22). The summed E-state index contributed by atoms with van der Waals surface area (Å²) in [6, 6.07) is 8.12. The normalized spacial score (nSPS) is 20.2. The van der Waals surface area contributed by atoms with Crippen LogP contribution in [0.15, 0.2) is 24.3 Å². The van der Waals surface area contributed by atoms with Gasteiger partial charge in [-0.3, -0.25) is 0 Å². The van der Waals surface area contributed by atoms with E-state index < -0.39 is 0 Å². The van der Waals surface area contributed by atoms with Crippen LogP contribution in [0.4, 0.5) is 5.69 Å². The topological polar surface area (TPSA) is 45.3 Å². The average molecular weight is 321 g/mol. The van der Waals surface area contributed by atoms with Crippen LogP contribution in [0.5, 0.6) is 5.75 Å². The second-order valence-corrected chi connectivity index (χ2v) is 7.73. The first-order valence-corrected chi connectivity index (χ1v) is 8.11. The molecular formula is C17H27N3OS. The highest BCUT2D eigenvalue weighted by atomic mass is 32.1. The Morgan fingerprint density at radius 3 is 2.18 bits per heavy atom. The van der Waals surface area contributed by atoms with E-state index in [9.17, 15) is 0 Å². The minimum absolute atomic E-state index is 0.106. The third kappa shape index (κ3) is 4.85. The number of ether oxygens (including phenoxy) is 1. The highest BCUT2D eigenvalue weighted by molar-refractivity contribution is 7.80. The molecule has 0 radical (unpaired) electrons. The van der Waals surface area contributed by atoms with Crippen LogP contribution in [-0.2, 0) is 0 Å². The zero-order chi connectivity index (χ0) is 16.4. The molecule has 1 aliphatic heterocycles. The quantitative estimate of drug-likeness (QED) is 0.746. The molecule has 1 aromatic rings. The largest absolute Gasteiger partial charge is 0.497 e. The van der Waals surface area contributed by atoms with E-state index in [1.54, 1.807) is 7.11 Å². The van der Waals surface area contributed by atoms with Crippen LogP contribution in [-0.4, -0.2) is 29.3 Å². The van der Waals surface area contributed by atoms with Gasteiger partial charge in [-0.05, 0) is 77.0 Å². The molecule has 1 aliphatic rings. The van der Waals surface area contributed by atoms with Gasteiger partial charge >= 0.3 is 0 Å². The number of hydrogen-bond acceptors (Lipinski definition) is 3. The van der Waals surface area contributed by atoms with E-state index in [1.807, 2.05) is 24.3 Å². The number of methoxy groups -OCH3 is 1. The smallest absolute Gasteiger partial charge is 0.170 e. The van der Waals surface area contributed by atoms with Crippen molar-refractivity contribution < 1.29 is 4.74 Å². The maximum absolute atomic E-state index is 5.45. The summed E-state index contributed by atoms with van der Waals surface area (Å²) in [6.45, 7) is 8.95. The van der Waals surface area contributed by atoms with Gasteiger partial charge in [-0.25, -0.2) is 0 Å². The first-order valence-electron chi connectivity index (χ1n) is 7.70. The van der Waals surface area contributed by atoms with E-state index in [2.05, 4.69) is 43.6 Å². The Kier molecular flexibility index (Phi) is 4.97. The highest BCUT2D eigenvalue weighted by Crippen LogP contribution is 2.28. The minimum Gasteiger partial charge on any atom is -0.497 e. The molecule has 22 heavy (non-hydrogen) atoms. The van der Waals surface area contributed by atoms with E-state index in [1.165, 1.54) is 0 Å². The van der Waals surface area contributed by atoms with Crippen molar-refractivity contribution in [2.75, 3.05) is 12.4 Å². The van der Waals surface area contributed by atoms with Crippen molar-refractivity contribution in [2.45, 2.75) is 57.7 Å². The second kappa shape index (κ2) is 6.42. The molecule has 122 valence electrons. The molecule has 0 aromatic heterocycles. The Morgan fingerprint density at radius 1 is 1.14 bits per heavy atom. The van der Waals surface area contributed by atoms with Gasteiger partial charge in [0.15, 0.2) is 5.11 Å². The Bertz CT molecular complexity index is 509. The van der Waals surface area contributed by atoms with Crippen molar-refractivity contribution in [3.8, 4) is 5.75 Å². The summed E-state index contributed by atoms with van der Waals surface area (Å²) in [5, 5.41) is 11.0. The summed E-state index contributed by atoms with van der Waals surface area (Å²) in [7, 11) is 1.66. The molecule has 1 aromatic carbocycles. The minimum atomic E-state index is 0.106. The molecular weight excluding hydrogens is 294 g/mol. The first-order chi connectivity index (χ1) is 10.2. The maximum Gasteiger partial charge on any atom is 0.170 e. The fourth-order valence-corrected chi connectivity index (χ4v) is 3.74. The van der Waals surface area contributed by atoms with Crippen LogP contribution < -0.4 is 20.7 Å². The lowest BCUT2D eigenvalue weighted by Crippen LogP contribution is -2.62. The van der Waals surface area contributed by atoms with Crippen molar-refractivity contribution in [3.63, 3.8) is 0 Å². The van der Waals surface area contributed by atoms with Gasteiger partial charge in [-0.15, -0.1) is 0 Å². The van der Waals surface area contributed by atoms with Crippen molar-refractivity contribution in [1.82, 2.24) is 10.6 Å². The lowest BCUT2D eigenvalue weighted by atomic mass is 9.80. The summed E-state index contributed by atoms with van der Waals surface area (Å²) >= 11 is 5.45. The number of thiocarbonyl (C=S) groups is 1. The average Bonchev–Trinajstić information content (AvgIpc) is 2.35. The molecule has 0 saturated carbocycles. The van der Waals surface area contributed by atoms with Gasteiger partial charge in [-0.2, -0.15) is 0 Å². The zero-order valence-corrected chi connectivity index (χ0v) is 14.9. The van der Waals surface area contributed by atoms with E-state index in [0.717, 1.165) is 24.3 Å². The van der Waals surface area contributed by atoms with Crippen LogP contribution in [0, 0.1) is 0 Å². The summed E-state index contributed by atoms with van der Waals surface area (Å²) in [5.74, 6) is 0.839. The van der Waals surface area contributed by atoms with Crippen molar-refractivity contribution in [3.05, 3.63) is 24.3 Å². The molecule has 0 atom stereocenters. The van der Waals surface area contributed by atoms with Crippen LogP contribution in [0.3, 0.4) is 0 Å². The number of rotatable bonds is 3. The van der Waals surface area contributed by atoms with Crippen LogP contribution in [0.2, 0.25) is 0 Å². The molecule has 1 saturated heterocycles. The van der Waals surface area contributed by atoms with Gasteiger partial charge in [0.1, 0.15) is 5.75 Å². The van der Waals surface area contributed by atoms with E-state index >= 15 is 0 Å². The summed E-state index contributed by atoms with van der Waals surface area (Å²) in [5.41, 5.74) is 1.18. The Hall–Kier alpha value is -1.33. The Labute approximate surface area is 139 Å². The fraction of sp³-hybridized carbons (Fsp3) is 0.588. The zero-order valence-electron chi connectivity index (χ0n) is 14.1. The van der Waals surface area contributed by atoms with E-state index in [0.29, 0.717) is 11.2 Å². The van der Waals surface area contributed by atoms with E-state index in [-0.39, 0.29) is 11.1 Å². The molecule has 1 fully saturated rings. The van der Waals surface area contributed by atoms with Crippen molar-refractivity contribution in [2.24, 2.45) is 0 Å². The van der Waals surface area contributed by atoms with Crippen LogP contribution >= 0.6 is 12.2 Å². The van der Waals surface area contributed by atoms with Crippen LogP contribution in [0.1, 0.15) is 40.5 Å². The second-order valence-electron chi connectivity index (χ2n) is 7.32. The molecule has 2 rings (SSSR count). The molecule has 0 aliphatic carbocycles. The van der Waals surface area contributed by atoms with Gasteiger partial charge in [0.2, 0.25) is 0 Å². The fourth-order valence-electron chi connectivity index (χ4n) is 3.45. The summed E-state index contributed by atoms with van der Waals surface area (Å²) < 4.78 is 5.16. The van der Waals surface area contributed by atoms with Gasteiger partial charge < -0.3 is 20.7 Å². The molecule has 0 spiro atoms. The molecule has 0 bridgehead atoms. The lowest BCUT2D eigenvalue weighted by Gasteiger charge is -2.46.